The first-order valence-electron chi connectivity index (χ1n) is 11.7. The number of aryl methyl sites for hydroxylation is 1. The zero-order chi connectivity index (χ0) is 21.8. The van der Waals surface area contributed by atoms with Crippen LogP contribution in [0.2, 0.25) is 0 Å². The number of nitrogens with one attached hydrogen (secondary N) is 2. The minimum Gasteiger partial charge on any atom is -0.371 e. The average molecular weight is 417 g/mol. The largest absolute Gasteiger partial charge is 0.371 e. The Hall–Kier alpha value is -2.59. The Kier molecular flexibility index (Phi) is 6.47. The molecule has 4 nitrogen and oxygen atoms in total. The molecule has 4 rings (SSSR count). The van der Waals surface area contributed by atoms with E-state index in [9.17, 15) is 0 Å². The quantitative estimate of drug-likeness (QED) is 0.535. The maximum Gasteiger partial charge on any atom is 0.129 e. The Morgan fingerprint density at radius 2 is 1.65 bits per heavy atom. The predicted octanol–water partition coefficient (Wildman–Crippen LogP) is 5.77. The number of pyridine rings is 1. The lowest BCUT2D eigenvalue weighted by atomic mass is 9.99. The number of para-hydroxylation sites is 1. The lowest BCUT2D eigenvalue weighted by Crippen LogP contribution is -2.49. The highest BCUT2D eigenvalue weighted by Gasteiger charge is 2.24. The number of piperidine rings is 1. The van der Waals surface area contributed by atoms with Crippen molar-refractivity contribution in [3.63, 3.8) is 0 Å². The van der Waals surface area contributed by atoms with Crippen molar-refractivity contribution in [2.75, 3.05) is 23.3 Å². The smallest absolute Gasteiger partial charge is 0.129 e. The summed E-state index contributed by atoms with van der Waals surface area (Å²) >= 11 is 0. The van der Waals surface area contributed by atoms with E-state index in [2.05, 4.69) is 97.8 Å². The fourth-order valence-corrected chi connectivity index (χ4v) is 4.47. The van der Waals surface area contributed by atoms with Crippen molar-refractivity contribution in [1.82, 2.24) is 10.3 Å². The van der Waals surface area contributed by atoms with E-state index in [0.717, 1.165) is 37.4 Å². The van der Waals surface area contributed by atoms with Gasteiger partial charge in [-0.15, -0.1) is 0 Å². The lowest BCUT2D eigenvalue weighted by Gasteiger charge is -2.37. The Bertz CT molecular complexity index is 996. The van der Waals surface area contributed by atoms with E-state index in [1.807, 2.05) is 0 Å². The normalized spacial score (nSPS) is 15.4. The SMILES string of the molecule is CCc1ccc(CNc2cc(N3CCC(NC(C)(C)C)CC3)c3ccccc3n2)cc1. The Morgan fingerprint density at radius 1 is 0.968 bits per heavy atom. The number of hydrogen-bond acceptors (Lipinski definition) is 4. The second-order valence-electron chi connectivity index (χ2n) is 9.72. The van der Waals surface area contributed by atoms with Crippen LogP contribution in [0.15, 0.2) is 54.6 Å². The van der Waals surface area contributed by atoms with Crippen LogP contribution in [0.1, 0.15) is 51.7 Å². The number of aromatic nitrogens is 1. The highest BCUT2D eigenvalue weighted by Crippen LogP contribution is 2.31. The molecule has 2 heterocycles. The molecule has 4 heteroatoms. The molecule has 0 atom stereocenters. The summed E-state index contributed by atoms with van der Waals surface area (Å²) in [6.45, 7) is 11.9. The van der Waals surface area contributed by atoms with Gasteiger partial charge in [-0.3, -0.25) is 0 Å². The van der Waals surface area contributed by atoms with Crippen LogP contribution in [0.25, 0.3) is 10.9 Å². The Balaban J connectivity index is 1.51. The molecule has 3 aromatic rings. The molecule has 1 saturated heterocycles. The van der Waals surface area contributed by atoms with Gasteiger partial charge in [0.1, 0.15) is 5.82 Å². The van der Waals surface area contributed by atoms with E-state index >= 15 is 0 Å². The van der Waals surface area contributed by atoms with Crippen molar-refractivity contribution >= 4 is 22.4 Å². The minimum absolute atomic E-state index is 0.169. The van der Waals surface area contributed by atoms with Crippen molar-refractivity contribution < 1.29 is 0 Å². The van der Waals surface area contributed by atoms with E-state index in [1.54, 1.807) is 0 Å². The summed E-state index contributed by atoms with van der Waals surface area (Å²) < 4.78 is 0. The molecule has 2 N–H and O–H groups in total. The fraction of sp³-hybridized carbons (Fsp3) is 0.444. The molecule has 1 aliphatic rings. The van der Waals surface area contributed by atoms with Gasteiger partial charge in [0.2, 0.25) is 0 Å². The molecule has 0 aliphatic carbocycles. The third-order valence-corrected chi connectivity index (χ3v) is 6.07. The Labute approximate surface area is 187 Å². The highest BCUT2D eigenvalue weighted by molar-refractivity contribution is 5.93. The molecule has 1 aromatic heterocycles. The zero-order valence-corrected chi connectivity index (χ0v) is 19.4. The van der Waals surface area contributed by atoms with Crippen molar-refractivity contribution in [2.24, 2.45) is 0 Å². The molecule has 164 valence electrons. The monoisotopic (exact) mass is 416 g/mol. The van der Waals surface area contributed by atoms with Crippen LogP contribution in [0.3, 0.4) is 0 Å². The summed E-state index contributed by atoms with van der Waals surface area (Å²) in [7, 11) is 0. The first-order valence-corrected chi connectivity index (χ1v) is 11.7. The second-order valence-corrected chi connectivity index (χ2v) is 9.72. The summed E-state index contributed by atoms with van der Waals surface area (Å²) in [6, 6.07) is 20.2. The van der Waals surface area contributed by atoms with E-state index < -0.39 is 0 Å². The summed E-state index contributed by atoms with van der Waals surface area (Å²) in [5.41, 5.74) is 5.17. The van der Waals surface area contributed by atoms with Crippen LogP contribution in [-0.4, -0.2) is 29.7 Å². The molecule has 0 unspecified atom stereocenters. The average Bonchev–Trinajstić information content (AvgIpc) is 2.77. The van der Waals surface area contributed by atoms with Crippen LogP contribution in [0.5, 0.6) is 0 Å². The van der Waals surface area contributed by atoms with Crippen molar-refractivity contribution in [1.29, 1.82) is 0 Å². The molecule has 1 aliphatic heterocycles. The van der Waals surface area contributed by atoms with Crippen LogP contribution in [-0.2, 0) is 13.0 Å². The highest BCUT2D eigenvalue weighted by atomic mass is 15.2. The minimum atomic E-state index is 0.169. The third-order valence-electron chi connectivity index (χ3n) is 6.07. The summed E-state index contributed by atoms with van der Waals surface area (Å²) in [4.78, 5) is 7.43. The molecule has 0 spiro atoms. The summed E-state index contributed by atoms with van der Waals surface area (Å²) in [5.74, 6) is 0.947. The molecule has 0 amide bonds. The lowest BCUT2D eigenvalue weighted by molar-refractivity contribution is 0.317. The molecular weight excluding hydrogens is 380 g/mol. The van der Waals surface area contributed by atoms with Gasteiger partial charge in [0.05, 0.1) is 5.52 Å². The summed E-state index contributed by atoms with van der Waals surface area (Å²) in [5, 5.41) is 8.57. The second kappa shape index (κ2) is 9.27. The Morgan fingerprint density at radius 3 is 2.32 bits per heavy atom. The number of rotatable bonds is 6. The van der Waals surface area contributed by atoms with E-state index in [1.165, 1.54) is 35.0 Å². The van der Waals surface area contributed by atoms with Crippen LogP contribution in [0.4, 0.5) is 11.5 Å². The molecule has 31 heavy (non-hydrogen) atoms. The number of hydrogen-bond donors (Lipinski definition) is 2. The van der Waals surface area contributed by atoms with E-state index in [0.29, 0.717) is 6.04 Å². The van der Waals surface area contributed by atoms with Crippen molar-refractivity contribution in [3.8, 4) is 0 Å². The summed E-state index contributed by atoms with van der Waals surface area (Å²) in [6.07, 6.45) is 3.41. The van der Waals surface area contributed by atoms with E-state index in [4.69, 9.17) is 4.98 Å². The molecular formula is C27H36N4. The number of anilines is 2. The van der Waals surface area contributed by atoms with Gasteiger partial charge in [-0.05, 0) is 57.2 Å². The van der Waals surface area contributed by atoms with Crippen LogP contribution >= 0.6 is 0 Å². The predicted molar refractivity (Wildman–Crippen MR) is 133 cm³/mol. The number of nitrogens with zero attached hydrogens (tertiary/aromatic N) is 2. The van der Waals surface area contributed by atoms with Gasteiger partial charge in [-0.25, -0.2) is 4.98 Å². The first-order chi connectivity index (χ1) is 14.9. The van der Waals surface area contributed by atoms with Crippen molar-refractivity contribution in [3.05, 3.63) is 65.7 Å². The first kappa shape index (κ1) is 21.6. The molecule has 0 bridgehead atoms. The van der Waals surface area contributed by atoms with E-state index in [-0.39, 0.29) is 5.54 Å². The number of benzene rings is 2. The molecule has 1 fully saturated rings. The molecule has 2 aromatic carbocycles. The standard InChI is InChI=1S/C27H36N4/c1-5-20-10-12-21(13-11-20)19-28-26-18-25(23-8-6-7-9-24(23)29-26)31-16-14-22(15-17-31)30-27(2,3)4/h6-13,18,22,30H,5,14-17,19H2,1-4H3,(H,28,29). The van der Waals surface area contributed by atoms with Crippen molar-refractivity contribution in [2.45, 2.75) is 65.1 Å². The fourth-order valence-electron chi connectivity index (χ4n) is 4.47. The van der Waals surface area contributed by atoms with Gasteiger partial charge in [0, 0.05) is 48.4 Å². The number of fused-ring (bicyclic) bond motifs is 1. The van der Waals surface area contributed by atoms with Gasteiger partial charge in [-0.2, -0.15) is 0 Å². The maximum absolute atomic E-state index is 4.89. The van der Waals surface area contributed by atoms with Crippen LogP contribution < -0.4 is 15.5 Å². The molecule has 0 saturated carbocycles. The third kappa shape index (κ3) is 5.56. The zero-order valence-electron chi connectivity index (χ0n) is 19.4. The van der Waals surface area contributed by atoms with Gasteiger partial charge in [-0.1, -0.05) is 49.4 Å². The molecule has 0 radical (unpaired) electrons. The van der Waals surface area contributed by atoms with Gasteiger partial charge in [0.25, 0.3) is 0 Å². The van der Waals surface area contributed by atoms with Crippen LogP contribution in [0, 0.1) is 0 Å². The van der Waals surface area contributed by atoms with Gasteiger partial charge in [0.15, 0.2) is 0 Å². The maximum atomic E-state index is 4.89. The van der Waals surface area contributed by atoms with Gasteiger partial charge >= 0.3 is 0 Å². The topological polar surface area (TPSA) is 40.2 Å². The van der Waals surface area contributed by atoms with Gasteiger partial charge < -0.3 is 15.5 Å².